The van der Waals surface area contributed by atoms with Crippen LogP contribution in [-0.2, 0) is 14.6 Å². The summed E-state index contributed by atoms with van der Waals surface area (Å²) in [5.41, 5.74) is 2.53. The molecule has 2 heterocycles. The number of rotatable bonds is 4. The minimum atomic E-state index is -3.13. The van der Waals surface area contributed by atoms with E-state index in [1.165, 1.54) is 11.1 Å². The molecule has 2 atom stereocenters. The minimum absolute atomic E-state index is 0.0631. The van der Waals surface area contributed by atoms with Crippen molar-refractivity contribution in [2.24, 2.45) is 0 Å². The average molecular weight is 369 g/mol. The molecule has 0 saturated carbocycles. The summed E-state index contributed by atoms with van der Waals surface area (Å²) in [4.78, 5) is 14.2. The van der Waals surface area contributed by atoms with Gasteiger partial charge in [-0.2, -0.15) is 0 Å². The second-order valence-electron chi connectivity index (χ2n) is 6.35. The maximum absolute atomic E-state index is 12.1. The molecule has 0 aliphatic carbocycles. The van der Waals surface area contributed by atoms with Crippen LogP contribution in [0.2, 0.25) is 0 Å². The van der Waals surface area contributed by atoms with Crippen molar-refractivity contribution in [2.75, 3.05) is 31.1 Å². The zero-order valence-corrected chi connectivity index (χ0v) is 14.9. The third kappa shape index (κ3) is 4.37. The smallest absolute Gasteiger partial charge is 0.234 e. The van der Waals surface area contributed by atoms with Crippen molar-refractivity contribution in [3.63, 3.8) is 0 Å². The SMILES string of the molecule is O=C(CN1CC=C(c2ccccc2)CC1)N[C@H]1CS(=O)(=O)C[C@@H]1Cl. The first-order chi connectivity index (χ1) is 11.4. The summed E-state index contributed by atoms with van der Waals surface area (Å²) in [5.74, 6) is -0.295. The molecular weight excluding hydrogens is 348 g/mol. The molecule has 0 spiro atoms. The number of halogens is 1. The Bertz CT molecular complexity index is 733. The number of amides is 1. The van der Waals surface area contributed by atoms with Gasteiger partial charge in [0.15, 0.2) is 9.84 Å². The molecule has 3 rings (SSSR count). The first kappa shape index (κ1) is 17.5. The second-order valence-corrected chi connectivity index (χ2v) is 9.06. The molecule has 1 aromatic carbocycles. The van der Waals surface area contributed by atoms with Crippen molar-refractivity contribution < 1.29 is 13.2 Å². The van der Waals surface area contributed by atoms with Gasteiger partial charge in [0.05, 0.1) is 29.5 Å². The molecule has 130 valence electrons. The van der Waals surface area contributed by atoms with Gasteiger partial charge in [-0.25, -0.2) is 8.42 Å². The van der Waals surface area contributed by atoms with Crippen LogP contribution in [0.1, 0.15) is 12.0 Å². The third-order valence-electron chi connectivity index (χ3n) is 4.43. The summed E-state index contributed by atoms with van der Waals surface area (Å²) >= 11 is 6.02. The Kier molecular flexibility index (Phi) is 5.27. The number of hydrogen-bond acceptors (Lipinski definition) is 4. The maximum Gasteiger partial charge on any atom is 0.234 e. The van der Waals surface area contributed by atoms with Gasteiger partial charge < -0.3 is 5.32 Å². The molecule has 2 aliphatic heterocycles. The zero-order chi connectivity index (χ0) is 17.2. The Hall–Kier alpha value is -1.37. The van der Waals surface area contributed by atoms with Crippen LogP contribution in [-0.4, -0.2) is 61.8 Å². The van der Waals surface area contributed by atoms with Crippen LogP contribution in [0.15, 0.2) is 36.4 Å². The summed E-state index contributed by atoms with van der Waals surface area (Å²) in [7, 11) is -3.13. The highest BCUT2D eigenvalue weighted by atomic mass is 35.5. The summed E-state index contributed by atoms with van der Waals surface area (Å²) in [5, 5.41) is 2.22. The molecule has 24 heavy (non-hydrogen) atoms. The average Bonchev–Trinajstić information content (AvgIpc) is 2.80. The summed E-state index contributed by atoms with van der Waals surface area (Å²) in [6.45, 7) is 1.78. The maximum atomic E-state index is 12.1. The Labute approximate surface area is 147 Å². The van der Waals surface area contributed by atoms with E-state index >= 15 is 0 Å². The van der Waals surface area contributed by atoms with Crippen LogP contribution >= 0.6 is 11.6 Å². The number of sulfone groups is 1. The number of nitrogens with one attached hydrogen (secondary N) is 1. The Balaban J connectivity index is 1.51. The zero-order valence-electron chi connectivity index (χ0n) is 13.3. The van der Waals surface area contributed by atoms with Crippen LogP contribution in [0.4, 0.5) is 0 Å². The van der Waals surface area contributed by atoms with Crippen LogP contribution in [0.25, 0.3) is 5.57 Å². The molecule has 0 radical (unpaired) electrons. The molecule has 1 saturated heterocycles. The predicted octanol–water partition coefficient (Wildman–Crippen LogP) is 1.30. The van der Waals surface area contributed by atoms with E-state index in [0.717, 1.165) is 13.0 Å². The number of alkyl halides is 1. The van der Waals surface area contributed by atoms with Crippen molar-refractivity contribution in [3.05, 3.63) is 42.0 Å². The molecule has 7 heteroatoms. The molecule has 0 bridgehead atoms. The lowest BCUT2D eigenvalue weighted by atomic mass is 10.00. The van der Waals surface area contributed by atoms with Gasteiger partial charge in [0.25, 0.3) is 0 Å². The van der Waals surface area contributed by atoms with Crippen LogP contribution in [0.5, 0.6) is 0 Å². The van der Waals surface area contributed by atoms with Crippen LogP contribution in [0, 0.1) is 0 Å². The molecule has 0 unspecified atom stereocenters. The van der Waals surface area contributed by atoms with E-state index in [0.29, 0.717) is 6.54 Å². The first-order valence-electron chi connectivity index (χ1n) is 8.03. The van der Waals surface area contributed by atoms with Crippen molar-refractivity contribution in [1.29, 1.82) is 0 Å². The topological polar surface area (TPSA) is 66.5 Å². The van der Waals surface area contributed by atoms with E-state index in [4.69, 9.17) is 11.6 Å². The molecule has 0 aromatic heterocycles. The highest BCUT2D eigenvalue weighted by molar-refractivity contribution is 7.91. The van der Waals surface area contributed by atoms with E-state index in [9.17, 15) is 13.2 Å². The highest BCUT2D eigenvalue weighted by Crippen LogP contribution is 2.22. The van der Waals surface area contributed by atoms with E-state index in [2.05, 4.69) is 28.4 Å². The molecule has 1 amide bonds. The standard InChI is InChI=1S/C17H21ClN2O3S/c18-15-11-24(22,23)12-16(15)19-17(21)10-20-8-6-14(7-9-20)13-4-2-1-3-5-13/h1-6,15-16H,7-12H2,(H,19,21)/t15-,16-/m0/s1. The van der Waals surface area contributed by atoms with Gasteiger partial charge in [-0.3, -0.25) is 9.69 Å². The van der Waals surface area contributed by atoms with Crippen molar-refractivity contribution >= 4 is 32.9 Å². The van der Waals surface area contributed by atoms with Crippen molar-refractivity contribution in [1.82, 2.24) is 10.2 Å². The molecular formula is C17H21ClN2O3S. The Morgan fingerprint density at radius 3 is 2.58 bits per heavy atom. The largest absolute Gasteiger partial charge is 0.350 e. The molecule has 5 nitrogen and oxygen atoms in total. The molecule has 2 aliphatic rings. The minimum Gasteiger partial charge on any atom is -0.350 e. The van der Waals surface area contributed by atoms with Gasteiger partial charge in [0.2, 0.25) is 5.91 Å². The number of carbonyl (C=O) groups excluding carboxylic acids is 1. The Morgan fingerprint density at radius 2 is 2.00 bits per heavy atom. The fraction of sp³-hybridized carbons (Fsp3) is 0.471. The van der Waals surface area contributed by atoms with Gasteiger partial charge in [0, 0.05) is 13.1 Å². The summed E-state index contributed by atoms with van der Waals surface area (Å²) in [6.07, 6.45) is 3.05. The second kappa shape index (κ2) is 7.25. The van der Waals surface area contributed by atoms with Gasteiger partial charge >= 0.3 is 0 Å². The number of carbonyl (C=O) groups is 1. The number of hydrogen-bond donors (Lipinski definition) is 1. The lowest BCUT2D eigenvalue weighted by Gasteiger charge is -2.26. The molecule has 1 fully saturated rings. The van der Waals surface area contributed by atoms with Gasteiger partial charge in [0.1, 0.15) is 0 Å². The lowest BCUT2D eigenvalue weighted by Crippen LogP contribution is -2.46. The summed E-state index contributed by atoms with van der Waals surface area (Å²) in [6, 6.07) is 9.74. The van der Waals surface area contributed by atoms with Crippen molar-refractivity contribution in [3.8, 4) is 0 Å². The van der Waals surface area contributed by atoms with E-state index in [-0.39, 0.29) is 24.0 Å². The van der Waals surface area contributed by atoms with Crippen molar-refractivity contribution in [2.45, 2.75) is 17.8 Å². The monoisotopic (exact) mass is 368 g/mol. The van der Waals surface area contributed by atoms with Gasteiger partial charge in [-0.1, -0.05) is 36.4 Å². The molecule has 1 aromatic rings. The number of benzene rings is 1. The van der Waals surface area contributed by atoms with E-state index in [1.807, 2.05) is 18.2 Å². The van der Waals surface area contributed by atoms with Gasteiger partial charge in [-0.05, 0) is 17.6 Å². The van der Waals surface area contributed by atoms with E-state index < -0.39 is 21.3 Å². The normalized spacial score (nSPS) is 26.8. The Morgan fingerprint density at radius 1 is 1.25 bits per heavy atom. The number of nitrogens with zero attached hydrogens (tertiary/aromatic N) is 1. The highest BCUT2D eigenvalue weighted by Gasteiger charge is 2.37. The molecule has 1 N–H and O–H groups in total. The van der Waals surface area contributed by atoms with E-state index in [1.54, 1.807) is 0 Å². The van der Waals surface area contributed by atoms with Gasteiger partial charge in [-0.15, -0.1) is 11.6 Å². The first-order valence-corrected chi connectivity index (χ1v) is 10.3. The quantitative estimate of drug-likeness (QED) is 0.813. The fourth-order valence-corrected chi connectivity index (χ4v) is 5.71. The predicted molar refractivity (Wildman–Crippen MR) is 95.7 cm³/mol. The fourth-order valence-electron chi connectivity index (χ4n) is 3.16. The summed E-state index contributed by atoms with van der Waals surface area (Å²) < 4.78 is 23.1. The third-order valence-corrected chi connectivity index (χ3v) is 6.81. The lowest BCUT2D eigenvalue weighted by molar-refractivity contribution is -0.122. The van der Waals surface area contributed by atoms with Crippen LogP contribution < -0.4 is 5.32 Å². The van der Waals surface area contributed by atoms with Crippen LogP contribution in [0.3, 0.4) is 0 Å².